The van der Waals surface area contributed by atoms with Gasteiger partial charge in [-0.25, -0.2) is 14.8 Å². The predicted octanol–water partition coefficient (Wildman–Crippen LogP) is 1.58. The summed E-state index contributed by atoms with van der Waals surface area (Å²) in [6, 6.07) is 3.54. The Bertz CT molecular complexity index is 744. The molecule has 0 saturated carbocycles. The second-order valence-electron chi connectivity index (χ2n) is 5.65. The van der Waals surface area contributed by atoms with Gasteiger partial charge in [-0.15, -0.1) is 0 Å². The van der Waals surface area contributed by atoms with Crippen LogP contribution in [0.15, 0.2) is 36.9 Å². The fraction of sp³-hybridized carbons (Fsp3) is 0.250. The van der Waals surface area contributed by atoms with Crippen molar-refractivity contribution in [1.82, 2.24) is 20.3 Å². The normalized spacial score (nSPS) is 15.9. The maximum atomic E-state index is 11.9. The zero-order valence-electron chi connectivity index (χ0n) is 12.4. The number of urea groups is 1. The molecule has 22 heavy (non-hydrogen) atoms. The van der Waals surface area contributed by atoms with Crippen molar-refractivity contribution in [3.8, 4) is 11.8 Å². The summed E-state index contributed by atoms with van der Waals surface area (Å²) in [5, 5.41) is 2.89. The number of hydrogen-bond donors (Lipinski definition) is 1. The van der Waals surface area contributed by atoms with Crippen LogP contribution >= 0.6 is 0 Å². The van der Waals surface area contributed by atoms with Crippen LogP contribution in [-0.4, -0.2) is 33.1 Å². The minimum Gasteiger partial charge on any atom is -0.331 e. The van der Waals surface area contributed by atoms with Crippen molar-refractivity contribution in [3.63, 3.8) is 0 Å². The molecule has 2 aromatic heterocycles. The predicted molar refractivity (Wildman–Crippen MR) is 82.2 cm³/mol. The summed E-state index contributed by atoms with van der Waals surface area (Å²) in [5.74, 6) is 6.41. The molecule has 2 amide bonds. The lowest BCUT2D eigenvalue weighted by molar-refractivity contribution is 0.248. The first-order chi connectivity index (χ1) is 10.5. The molecule has 110 valence electrons. The third-order valence-corrected chi connectivity index (χ3v) is 3.16. The van der Waals surface area contributed by atoms with Crippen LogP contribution in [0.5, 0.6) is 0 Å². The van der Waals surface area contributed by atoms with E-state index in [-0.39, 0.29) is 11.6 Å². The molecule has 3 rings (SSSR count). The summed E-state index contributed by atoms with van der Waals surface area (Å²) in [6.45, 7) is 4.49. The quantitative estimate of drug-likeness (QED) is 0.810. The Kier molecular flexibility index (Phi) is 3.47. The van der Waals surface area contributed by atoms with Gasteiger partial charge in [-0.05, 0) is 31.9 Å². The third-order valence-electron chi connectivity index (χ3n) is 3.16. The molecule has 2 aromatic rings. The molecular weight excluding hydrogens is 278 g/mol. The Morgan fingerprint density at radius 3 is 2.68 bits per heavy atom. The molecule has 0 radical (unpaired) electrons. The van der Waals surface area contributed by atoms with Gasteiger partial charge >= 0.3 is 6.03 Å². The van der Waals surface area contributed by atoms with Crippen LogP contribution in [0.25, 0.3) is 0 Å². The number of amides is 2. The van der Waals surface area contributed by atoms with Crippen molar-refractivity contribution in [2.45, 2.75) is 19.4 Å². The summed E-state index contributed by atoms with van der Waals surface area (Å²) >= 11 is 0. The summed E-state index contributed by atoms with van der Waals surface area (Å²) in [7, 11) is 0. The van der Waals surface area contributed by atoms with Crippen LogP contribution in [0.3, 0.4) is 0 Å². The molecule has 6 nitrogen and oxygen atoms in total. The smallest absolute Gasteiger partial charge is 0.323 e. The number of pyridine rings is 1. The molecule has 0 atom stereocenters. The van der Waals surface area contributed by atoms with E-state index in [9.17, 15) is 4.79 Å². The lowest BCUT2D eigenvalue weighted by Crippen LogP contribution is -2.36. The summed E-state index contributed by atoms with van der Waals surface area (Å²) in [6.07, 6.45) is 6.51. The summed E-state index contributed by atoms with van der Waals surface area (Å²) in [4.78, 5) is 26.0. The number of nitrogens with zero attached hydrogens (tertiary/aromatic N) is 4. The fourth-order valence-corrected chi connectivity index (χ4v) is 2.15. The van der Waals surface area contributed by atoms with Crippen LogP contribution in [0.4, 0.5) is 10.6 Å². The molecule has 0 aromatic carbocycles. The van der Waals surface area contributed by atoms with Crippen molar-refractivity contribution in [2.24, 2.45) is 0 Å². The first-order valence-electron chi connectivity index (χ1n) is 6.87. The zero-order chi connectivity index (χ0) is 15.6. The van der Waals surface area contributed by atoms with E-state index in [0.29, 0.717) is 18.1 Å². The average molecular weight is 293 g/mol. The standard InChI is InChI=1S/C16H15N5O/c1-16(2)11-21(15(22)20-16)14-10-18-13(9-19-14)6-5-12-4-3-7-17-8-12/h3-4,7-10H,11H2,1-2H3,(H,20,22). The van der Waals surface area contributed by atoms with Gasteiger partial charge in [0.05, 0.1) is 24.5 Å². The number of nitrogens with one attached hydrogen (secondary N) is 1. The van der Waals surface area contributed by atoms with Crippen LogP contribution in [0, 0.1) is 11.8 Å². The Hall–Kier alpha value is -2.94. The van der Waals surface area contributed by atoms with Crippen LogP contribution in [0.1, 0.15) is 25.1 Å². The first-order valence-corrected chi connectivity index (χ1v) is 6.87. The minimum absolute atomic E-state index is 0.159. The van der Waals surface area contributed by atoms with E-state index in [1.807, 2.05) is 26.0 Å². The Morgan fingerprint density at radius 1 is 1.23 bits per heavy atom. The molecule has 0 aliphatic carbocycles. The lowest BCUT2D eigenvalue weighted by Gasteiger charge is -2.16. The number of rotatable bonds is 1. The van der Waals surface area contributed by atoms with Gasteiger partial charge in [0.25, 0.3) is 0 Å². The second kappa shape index (κ2) is 5.45. The number of carbonyl (C=O) groups is 1. The largest absolute Gasteiger partial charge is 0.331 e. The number of hydrogen-bond acceptors (Lipinski definition) is 4. The summed E-state index contributed by atoms with van der Waals surface area (Å²) < 4.78 is 0. The number of anilines is 1. The van der Waals surface area contributed by atoms with Crippen LogP contribution in [0.2, 0.25) is 0 Å². The Labute approximate surface area is 128 Å². The van der Waals surface area contributed by atoms with Gasteiger partial charge in [-0.3, -0.25) is 9.88 Å². The maximum absolute atomic E-state index is 11.9. The van der Waals surface area contributed by atoms with Gasteiger partial charge in [-0.2, -0.15) is 0 Å². The molecule has 0 spiro atoms. The van der Waals surface area contributed by atoms with Gasteiger partial charge < -0.3 is 5.32 Å². The first kappa shape index (κ1) is 14.0. The van der Waals surface area contributed by atoms with Gasteiger partial charge in [-0.1, -0.05) is 5.92 Å². The van der Waals surface area contributed by atoms with Gasteiger partial charge in [0.2, 0.25) is 0 Å². The highest BCUT2D eigenvalue weighted by Crippen LogP contribution is 2.20. The topological polar surface area (TPSA) is 71.0 Å². The van der Waals surface area contributed by atoms with Crippen molar-refractivity contribution in [2.75, 3.05) is 11.4 Å². The molecule has 1 aliphatic heterocycles. The molecule has 3 heterocycles. The maximum Gasteiger partial charge on any atom is 0.323 e. The SMILES string of the molecule is CC1(C)CN(c2cnc(C#Cc3cccnc3)cn2)C(=O)N1. The Morgan fingerprint density at radius 2 is 2.09 bits per heavy atom. The molecule has 6 heteroatoms. The highest BCUT2D eigenvalue weighted by molar-refractivity contribution is 5.94. The molecular formula is C16H15N5O. The minimum atomic E-state index is -0.266. The van der Waals surface area contributed by atoms with Gasteiger partial charge in [0.1, 0.15) is 5.69 Å². The van der Waals surface area contributed by atoms with E-state index in [1.54, 1.807) is 29.7 Å². The van der Waals surface area contributed by atoms with Gasteiger partial charge in [0, 0.05) is 18.0 Å². The molecule has 0 bridgehead atoms. The monoisotopic (exact) mass is 293 g/mol. The van der Waals surface area contributed by atoms with Gasteiger partial charge in [0.15, 0.2) is 5.82 Å². The third kappa shape index (κ3) is 3.04. The summed E-state index contributed by atoms with van der Waals surface area (Å²) in [5.41, 5.74) is 1.10. The highest BCUT2D eigenvalue weighted by atomic mass is 16.2. The lowest BCUT2D eigenvalue weighted by atomic mass is 10.1. The fourth-order valence-electron chi connectivity index (χ4n) is 2.15. The van der Waals surface area contributed by atoms with E-state index in [2.05, 4.69) is 32.1 Å². The van der Waals surface area contributed by atoms with E-state index < -0.39 is 0 Å². The van der Waals surface area contributed by atoms with E-state index in [1.165, 1.54) is 0 Å². The van der Waals surface area contributed by atoms with Crippen molar-refractivity contribution < 1.29 is 4.79 Å². The van der Waals surface area contributed by atoms with Crippen LogP contribution in [-0.2, 0) is 0 Å². The van der Waals surface area contributed by atoms with E-state index in [4.69, 9.17) is 0 Å². The average Bonchev–Trinajstić information content (AvgIpc) is 2.80. The van der Waals surface area contributed by atoms with Crippen molar-refractivity contribution in [1.29, 1.82) is 0 Å². The van der Waals surface area contributed by atoms with Crippen molar-refractivity contribution in [3.05, 3.63) is 48.2 Å². The zero-order valence-corrected chi connectivity index (χ0v) is 12.4. The molecule has 0 unspecified atom stereocenters. The van der Waals surface area contributed by atoms with E-state index >= 15 is 0 Å². The van der Waals surface area contributed by atoms with Crippen molar-refractivity contribution >= 4 is 11.8 Å². The Balaban J connectivity index is 1.77. The highest BCUT2D eigenvalue weighted by Gasteiger charge is 2.36. The number of aromatic nitrogens is 3. The van der Waals surface area contributed by atoms with Crippen LogP contribution < -0.4 is 10.2 Å². The number of carbonyl (C=O) groups excluding carboxylic acids is 1. The van der Waals surface area contributed by atoms with E-state index in [0.717, 1.165) is 5.56 Å². The molecule has 1 N–H and O–H groups in total. The molecule has 1 aliphatic rings. The molecule has 1 saturated heterocycles. The molecule has 1 fully saturated rings. The second-order valence-corrected chi connectivity index (χ2v) is 5.65.